The molecule has 0 aromatic heterocycles. The Balaban J connectivity index is 1.46. The van der Waals surface area contributed by atoms with E-state index in [2.05, 4.69) is 15.5 Å². The number of aliphatic hydroxyl groups excluding tert-OH is 10. The van der Waals surface area contributed by atoms with E-state index in [-0.39, 0.29) is 56.7 Å². The number of aliphatic hydroxyl groups is 11. The molecule has 1 amide bonds. The highest BCUT2D eigenvalue weighted by Crippen LogP contribution is 2.40. The molecular weight excluding hydrogens is 1100 g/mol. The standard InChI is InChI=1S/C64H101N3O18/c1-39-21-17-15-13-11-9-7-8-10-12-14-16-18-22-49(84-63-61(79)58(60(78)44(6)83-63)66-62(80)50-23-19-20-28-65-50)36-55-57(53(74)32-45-25-24-40(2)67(29-30-68)41(3)31-45)54(75)38-64(81,85-55)37-48(71)34-52(73)51(72)27-26-46(69)33-47(70)35-56(76)82-43(5)42(4)59(39)77/h7-18,21-22,25,39-44,46-52,54-55,57-61,63,65,68-73,75,77-79,81H,19-20,23-24,26-38H2,1-6H3,(H,66,80)/b8-7+,11-9+,12-10+,15-13+,16-14+,21-17+,22-18+/t39-,40?,41?,42-,43-,44-,46+,47?,48-,49-,50?,51+,52+,54-,55-,57+,58-,59+,60+,61-,63+,64+/m0/s1. The van der Waals surface area contributed by atoms with Crippen LogP contribution in [0, 0.1) is 17.8 Å². The summed E-state index contributed by atoms with van der Waals surface area (Å²) in [5.41, 5.74) is 0.819. The molecule has 2 bridgehead atoms. The lowest BCUT2D eigenvalue weighted by Crippen LogP contribution is -2.65. The SMILES string of the molecule is CC1CC=C(CC(=O)[C@H]2[C@@H]3C[C@@H](O[C@H]4O[C@@H](C)[C@@H](O)[C@H](NC(=O)C5CCCCN5)[C@@H]4O)/C=C/C=C/C=C/C=C/C=C/C=C/C=C/[C@H](C)[C@@H](O)[C@@H](C)[C@H](C)OC(=O)CC(O)C[C@H](O)CC[C@@H](O)[C@H](O)C[C@H](O)C[C@](O)(C[C@@H]2O)O3)CC(C)N1CCO. The number of carbonyl (C=O) groups is 3. The van der Waals surface area contributed by atoms with Crippen molar-refractivity contribution in [3.8, 4) is 0 Å². The maximum absolute atomic E-state index is 14.8. The molecule has 21 heteroatoms. The van der Waals surface area contributed by atoms with Crippen molar-refractivity contribution in [1.82, 2.24) is 15.5 Å². The van der Waals surface area contributed by atoms with E-state index in [1.165, 1.54) is 0 Å². The number of cyclic esters (lactones) is 1. The lowest BCUT2D eigenvalue weighted by molar-refractivity contribution is -0.307. The van der Waals surface area contributed by atoms with Gasteiger partial charge in [0.15, 0.2) is 12.1 Å². The number of amides is 1. The van der Waals surface area contributed by atoms with E-state index >= 15 is 0 Å². The van der Waals surface area contributed by atoms with Gasteiger partial charge in [-0.25, -0.2) is 0 Å². The molecule has 5 aliphatic rings. The fraction of sp³-hybridized carbons (Fsp3) is 0.703. The lowest BCUT2D eigenvalue weighted by atomic mass is 9.78. The highest BCUT2D eigenvalue weighted by molar-refractivity contribution is 5.84. The number of nitrogens with zero attached hydrogens (tertiary/aromatic N) is 1. The van der Waals surface area contributed by atoms with Crippen molar-refractivity contribution < 1.29 is 89.5 Å². The first-order chi connectivity index (χ1) is 40.4. The van der Waals surface area contributed by atoms with E-state index in [0.29, 0.717) is 32.4 Å². The summed E-state index contributed by atoms with van der Waals surface area (Å²) >= 11 is 0. The van der Waals surface area contributed by atoms with Crippen LogP contribution in [-0.2, 0) is 33.3 Å². The molecule has 22 atom stereocenters. The lowest BCUT2D eigenvalue weighted by Gasteiger charge is -2.46. The average molecular weight is 1200 g/mol. The molecule has 3 fully saturated rings. The van der Waals surface area contributed by atoms with Crippen LogP contribution in [0.5, 0.6) is 0 Å². The van der Waals surface area contributed by atoms with Gasteiger partial charge in [-0.2, -0.15) is 0 Å². The van der Waals surface area contributed by atoms with Gasteiger partial charge in [0.25, 0.3) is 0 Å². The van der Waals surface area contributed by atoms with Crippen molar-refractivity contribution in [3.63, 3.8) is 0 Å². The third kappa shape index (κ3) is 23.1. The minimum Gasteiger partial charge on any atom is -0.462 e. The zero-order chi connectivity index (χ0) is 62.4. The number of nitrogens with one attached hydrogen (secondary N) is 2. The van der Waals surface area contributed by atoms with Crippen molar-refractivity contribution in [2.24, 2.45) is 17.8 Å². The molecule has 4 unspecified atom stereocenters. The Morgan fingerprint density at radius 2 is 1.34 bits per heavy atom. The number of β-amino-alcohol motifs (C(OH)–C–C–N with tert-alkyl or cyclic N) is 1. The van der Waals surface area contributed by atoms with Crippen LogP contribution in [-0.4, -0.2) is 214 Å². The molecule has 480 valence electrons. The van der Waals surface area contributed by atoms with Crippen LogP contribution in [0.2, 0.25) is 0 Å². The predicted molar refractivity (Wildman–Crippen MR) is 319 cm³/mol. The number of hydrogen-bond donors (Lipinski definition) is 13. The molecule has 5 heterocycles. The van der Waals surface area contributed by atoms with Gasteiger partial charge in [0.1, 0.15) is 24.1 Å². The fourth-order valence-corrected chi connectivity index (χ4v) is 12.1. The minimum absolute atomic E-state index is 0.0280. The van der Waals surface area contributed by atoms with Crippen LogP contribution >= 0.6 is 0 Å². The van der Waals surface area contributed by atoms with E-state index < -0.39 is 159 Å². The molecule has 21 nitrogen and oxygen atoms in total. The van der Waals surface area contributed by atoms with Gasteiger partial charge in [-0.05, 0) is 79.2 Å². The molecule has 0 spiro atoms. The molecule has 0 radical (unpaired) electrons. The van der Waals surface area contributed by atoms with Crippen molar-refractivity contribution in [1.29, 1.82) is 0 Å². The van der Waals surface area contributed by atoms with E-state index in [4.69, 9.17) is 18.9 Å². The number of hydrogen-bond acceptors (Lipinski definition) is 20. The van der Waals surface area contributed by atoms with Crippen LogP contribution in [0.25, 0.3) is 0 Å². The zero-order valence-electron chi connectivity index (χ0n) is 50.5. The molecule has 5 aliphatic heterocycles. The fourth-order valence-electron chi connectivity index (χ4n) is 12.1. The first-order valence-corrected chi connectivity index (χ1v) is 30.7. The molecule has 13 N–H and O–H groups in total. The number of allylic oxidation sites excluding steroid dienone is 12. The summed E-state index contributed by atoms with van der Waals surface area (Å²) in [6.07, 6.45) is 9.17. The Bertz CT molecular complexity index is 2300. The number of fused-ring (bicyclic) bond motifs is 2. The summed E-state index contributed by atoms with van der Waals surface area (Å²) in [7, 11) is 0. The van der Waals surface area contributed by atoms with E-state index in [1.54, 1.807) is 63.3 Å². The van der Waals surface area contributed by atoms with E-state index in [1.807, 2.05) is 69.4 Å². The third-order valence-electron chi connectivity index (χ3n) is 17.2. The molecule has 5 rings (SSSR count). The number of ether oxygens (including phenoxy) is 4. The second kappa shape index (κ2) is 35.8. The first kappa shape index (κ1) is 71.6. The van der Waals surface area contributed by atoms with Gasteiger partial charge >= 0.3 is 5.97 Å². The van der Waals surface area contributed by atoms with Crippen molar-refractivity contribution >= 4 is 17.7 Å². The molecule has 0 aliphatic carbocycles. The van der Waals surface area contributed by atoms with E-state index in [0.717, 1.165) is 18.4 Å². The number of carbonyl (C=O) groups excluding carboxylic acids is 3. The van der Waals surface area contributed by atoms with Crippen molar-refractivity contribution in [2.75, 3.05) is 19.7 Å². The highest BCUT2D eigenvalue weighted by atomic mass is 16.7. The summed E-state index contributed by atoms with van der Waals surface area (Å²) < 4.78 is 24.6. The third-order valence-corrected chi connectivity index (χ3v) is 17.2. The largest absolute Gasteiger partial charge is 0.462 e. The molecule has 0 aromatic carbocycles. The summed E-state index contributed by atoms with van der Waals surface area (Å²) in [4.78, 5) is 43.2. The Morgan fingerprint density at radius 1 is 0.694 bits per heavy atom. The van der Waals surface area contributed by atoms with Crippen LogP contribution in [0.4, 0.5) is 0 Å². The van der Waals surface area contributed by atoms with Gasteiger partial charge in [-0.15, -0.1) is 0 Å². The van der Waals surface area contributed by atoms with Gasteiger partial charge in [-0.1, -0.05) is 117 Å². The number of esters is 1. The summed E-state index contributed by atoms with van der Waals surface area (Å²) in [6.45, 7) is 11.9. The topological polar surface area (TPSA) is 338 Å². The second-order valence-corrected chi connectivity index (χ2v) is 24.3. The van der Waals surface area contributed by atoms with Gasteiger partial charge in [-0.3, -0.25) is 19.3 Å². The smallest absolute Gasteiger partial charge is 0.308 e. The highest BCUT2D eigenvalue weighted by Gasteiger charge is 2.51. The van der Waals surface area contributed by atoms with Gasteiger partial charge < -0.3 is 85.8 Å². The summed E-state index contributed by atoms with van der Waals surface area (Å²) in [6, 6.07) is -1.71. The van der Waals surface area contributed by atoms with Crippen molar-refractivity contribution in [2.45, 2.75) is 247 Å². The number of Topliss-reactive ketones (excluding diaryl/α,β-unsaturated/α-hetero) is 1. The van der Waals surface area contributed by atoms with Crippen LogP contribution in [0.1, 0.15) is 131 Å². The number of ketones is 1. The minimum atomic E-state index is -2.32. The monoisotopic (exact) mass is 1200 g/mol. The molecule has 0 aromatic rings. The van der Waals surface area contributed by atoms with Gasteiger partial charge in [0.2, 0.25) is 5.91 Å². The molecule has 3 saturated heterocycles. The molecule has 0 saturated carbocycles. The normalized spacial score (nSPS) is 42.6. The zero-order valence-corrected chi connectivity index (χ0v) is 50.5. The van der Waals surface area contributed by atoms with Crippen molar-refractivity contribution in [3.05, 3.63) is 96.7 Å². The van der Waals surface area contributed by atoms with E-state index in [9.17, 15) is 70.6 Å². The maximum Gasteiger partial charge on any atom is 0.308 e. The van der Waals surface area contributed by atoms with Crippen LogP contribution < -0.4 is 10.6 Å². The Morgan fingerprint density at radius 3 is 1.98 bits per heavy atom. The summed E-state index contributed by atoms with van der Waals surface area (Å²) in [5.74, 6) is -5.90. The van der Waals surface area contributed by atoms with Crippen LogP contribution in [0.15, 0.2) is 96.7 Å². The average Bonchev–Trinajstić information content (AvgIpc) is 3.02. The maximum atomic E-state index is 14.8. The van der Waals surface area contributed by atoms with Gasteiger partial charge in [0, 0.05) is 62.6 Å². The Labute approximate surface area is 502 Å². The molecule has 85 heavy (non-hydrogen) atoms. The summed E-state index contributed by atoms with van der Waals surface area (Å²) in [5, 5.41) is 129. The quantitative estimate of drug-likeness (QED) is 0.117. The second-order valence-electron chi connectivity index (χ2n) is 24.3. The predicted octanol–water partition coefficient (Wildman–Crippen LogP) is 2.68. The van der Waals surface area contributed by atoms with Gasteiger partial charge in [0.05, 0.1) is 92.1 Å². The Hall–Kier alpha value is -4.11. The number of rotatable bonds is 9. The Kier molecular flexibility index (Phi) is 30.2. The van der Waals surface area contributed by atoms with Crippen LogP contribution in [0.3, 0.4) is 0 Å². The first-order valence-electron chi connectivity index (χ1n) is 30.7. The number of piperidine rings is 1. The molecular formula is C64H101N3O18.